The summed E-state index contributed by atoms with van der Waals surface area (Å²) in [5, 5.41) is 2.36. The zero-order chi connectivity index (χ0) is 10.7. The summed E-state index contributed by atoms with van der Waals surface area (Å²) in [5.74, 6) is 1.05. The Labute approximate surface area is 90.8 Å². The molecule has 1 fully saturated rings. The number of nitrogens with two attached hydrogens (primary N) is 1. The fourth-order valence-electron chi connectivity index (χ4n) is 2.19. The van der Waals surface area contributed by atoms with E-state index < -0.39 is 0 Å². The van der Waals surface area contributed by atoms with Crippen LogP contribution in [0.15, 0.2) is 22.8 Å². The molecule has 3 heteroatoms. The summed E-state index contributed by atoms with van der Waals surface area (Å²) < 4.78 is 11.0. The van der Waals surface area contributed by atoms with Crippen LogP contribution in [0, 0.1) is 0 Å². The first-order valence-electron chi connectivity index (χ1n) is 5.65. The summed E-state index contributed by atoms with van der Waals surface area (Å²) in [6.07, 6.45) is 3.99. The SMILES string of the molecule is CC1(C)C[C@H]([NH2+]Cc2ccco2)CCO1. The van der Waals surface area contributed by atoms with Crippen LogP contribution in [0.5, 0.6) is 0 Å². The van der Waals surface area contributed by atoms with Crippen molar-refractivity contribution in [2.24, 2.45) is 0 Å². The number of hydrogen-bond donors (Lipinski definition) is 1. The van der Waals surface area contributed by atoms with Crippen LogP contribution in [0.1, 0.15) is 32.4 Å². The lowest BCUT2D eigenvalue weighted by molar-refractivity contribution is -0.711. The Balaban J connectivity index is 1.80. The van der Waals surface area contributed by atoms with Crippen molar-refractivity contribution >= 4 is 0 Å². The van der Waals surface area contributed by atoms with Gasteiger partial charge in [0.25, 0.3) is 0 Å². The van der Waals surface area contributed by atoms with E-state index in [1.54, 1.807) is 6.26 Å². The van der Waals surface area contributed by atoms with Gasteiger partial charge in [0.2, 0.25) is 0 Å². The lowest BCUT2D eigenvalue weighted by Crippen LogP contribution is -2.89. The van der Waals surface area contributed by atoms with Gasteiger partial charge in [-0.3, -0.25) is 0 Å². The van der Waals surface area contributed by atoms with Crippen LogP contribution in [0.25, 0.3) is 0 Å². The molecule has 0 aromatic carbocycles. The summed E-state index contributed by atoms with van der Waals surface area (Å²) in [4.78, 5) is 0. The highest BCUT2D eigenvalue weighted by molar-refractivity contribution is 4.95. The van der Waals surface area contributed by atoms with Crippen molar-refractivity contribution in [3.63, 3.8) is 0 Å². The third kappa shape index (κ3) is 3.08. The van der Waals surface area contributed by atoms with Crippen molar-refractivity contribution in [1.82, 2.24) is 0 Å². The molecule has 84 valence electrons. The normalized spacial score (nSPS) is 25.3. The molecule has 2 heterocycles. The van der Waals surface area contributed by atoms with E-state index >= 15 is 0 Å². The second-order valence-corrected chi connectivity index (χ2v) is 4.88. The van der Waals surface area contributed by atoms with Gasteiger partial charge >= 0.3 is 0 Å². The lowest BCUT2D eigenvalue weighted by Gasteiger charge is -2.33. The van der Waals surface area contributed by atoms with E-state index in [1.807, 2.05) is 12.1 Å². The number of quaternary nitrogens is 1. The molecule has 0 amide bonds. The quantitative estimate of drug-likeness (QED) is 0.816. The molecule has 3 nitrogen and oxygen atoms in total. The third-order valence-electron chi connectivity index (χ3n) is 2.97. The van der Waals surface area contributed by atoms with Gasteiger partial charge < -0.3 is 14.5 Å². The molecule has 0 radical (unpaired) electrons. The van der Waals surface area contributed by atoms with Crippen LogP contribution in [0.3, 0.4) is 0 Å². The molecule has 1 atom stereocenters. The molecular formula is C12H20NO2+. The van der Waals surface area contributed by atoms with Crippen LogP contribution in [0.2, 0.25) is 0 Å². The maximum Gasteiger partial charge on any atom is 0.157 e. The molecule has 1 aromatic rings. The minimum absolute atomic E-state index is 0.0442. The van der Waals surface area contributed by atoms with Gasteiger partial charge in [-0.2, -0.15) is 0 Å². The van der Waals surface area contributed by atoms with Gasteiger partial charge in [-0.1, -0.05) is 0 Å². The number of hydrogen-bond acceptors (Lipinski definition) is 2. The molecule has 0 unspecified atom stereocenters. The molecule has 0 spiro atoms. The molecule has 1 aliphatic heterocycles. The fourth-order valence-corrected chi connectivity index (χ4v) is 2.19. The maximum absolute atomic E-state index is 5.69. The smallest absolute Gasteiger partial charge is 0.157 e. The Bertz CT molecular complexity index is 293. The van der Waals surface area contributed by atoms with Gasteiger partial charge in [0.1, 0.15) is 6.54 Å². The van der Waals surface area contributed by atoms with Crippen molar-refractivity contribution in [2.75, 3.05) is 6.61 Å². The highest BCUT2D eigenvalue weighted by Crippen LogP contribution is 2.22. The van der Waals surface area contributed by atoms with Crippen LogP contribution in [0.4, 0.5) is 0 Å². The first-order valence-corrected chi connectivity index (χ1v) is 5.65. The van der Waals surface area contributed by atoms with E-state index in [1.165, 1.54) is 0 Å². The first-order chi connectivity index (χ1) is 7.16. The Morgan fingerprint density at radius 1 is 1.53 bits per heavy atom. The third-order valence-corrected chi connectivity index (χ3v) is 2.97. The van der Waals surface area contributed by atoms with Crippen LogP contribution >= 0.6 is 0 Å². The van der Waals surface area contributed by atoms with E-state index in [9.17, 15) is 0 Å². The Hall–Kier alpha value is -0.800. The minimum atomic E-state index is 0.0442. The molecule has 1 aromatic heterocycles. The van der Waals surface area contributed by atoms with Gasteiger partial charge in [0, 0.05) is 12.8 Å². The zero-order valence-electron chi connectivity index (χ0n) is 9.53. The Kier molecular flexibility index (Phi) is 3.12. The monoisotopic (exact) mass is 210 g/mol. The van der Waals surface area contributed by atoms with Crippen molar-refractivity contribution in [2.45, 2.75) is 44.9 Å². The standard InChI is InChI=1S/C12H19NO2/c1-12(2)8-10(5-7-15-12)13-9-11-4-3-6-14-11/h3-4,6,10,13H,5,7-9H2,1-2H3/p+1/t10-/m1/s1. The summed E-state index contributed by atoms with van der Waals surface area (Å²) in [6.45, 7) is 6.15. The van der Waals surface area contributed by atoms with Gasteiger partial charge in [-0.25, -0.2) is 0 Å². The van der Waals surface area contributed by atoms with E-state index in [2.05, 4.69) is 19.2 Å². The topological polar surface area (TPSA) is 39.0 Å². The highest BCUT2D eigenvalue weighted by atomic mass is 16.5. The molecule has 2 rings (SSSR count). The molecule has 1 aliphatic rings. The molecule has 2 N–H and O–H groups in total. The minimum Gasteiger partial charge on any atom is -0.463 e. The molecule has 0 saturated carbocycles. The first kappa shape index (κ1) is 10.7. The second kappa shape index (κ2) is 4.37. The molecule has 0 aliphatic carbocycles. The van der Waals surface area contributed by atoms with E-state index in [0.29, 0.717) is 6.04 Å². The average Bonchev–Trinajstić information content (AvgIpc) is 2.65. The number of ether oxygens (including phenoxy) is 1. The van der Waals surface area contributed by atoms with Gasteiger partial charge in [0.05, 0.1) is 24.5 Å². The van der Waals surface area contributed by atoms with Crippen LogP contribution in [-0.2, 0) is 11.3 Å². The van der Waals surface area contributed by atoms with Crippen molar-refractivity contribution in [3.05, 3.63) is 24.2 Å². The fraction of sp³-hybridized carbons (Fsp3) is 0.667. The molecule has 15 heavy (non-hydrogen) atoms. The highest BCUT2D eigenvalue weighted by Gasteiger charge is 2.30. The lowest BCUT2D eigenvalue weighted by atomic mass is 9.94. The summed E-state index contributed by atoms with van der Waals surface area (Å²) in [5.41, 5.74) is 0.0442. The van der Waals surface area contributed by atoms with E-state index in [4.69, 9.17) is 9.15 Å². The van der Waals surface area contributed by atoms with Gasteiger partial charge in [-0.05, 0) is 26.0 Å². The zero-order valence-corrected chi connectivity index (χ0v) is 9.53. The average molecular weight is 210 g/mol. The van der Waals surface area contributed by atoms with E-state index in [0.717, 1.165) is 31.8 Å². The number of rotatable bonds is 3. The molecule has 1 saturated heterocycles. The Morgan fingerprint density at radius 2 is 2.40 bits per heavy atom. The van der Waals surface area contributed by atoms with Crippen molar-refractivity contribution in [3.8, 4) is 0 Å². The largest absolute Gasteiger partial charge is 0.463 e. The summed E-state index contributed by atoms with van der Waals surface area (Å²) in [7, 11) is 0. The summed E-state index contributed by atoms with van der Waals surface area (Å²) in [6, 6.07) is 4.64. The molecular weight excluding hydrogens is 190 g/mol. The van der Waals surface area contributed by atoms with Crippen molar-refractivity contribution in [1.29, 1.82) is 0 Å². The predicted octanol–water partition coefficient (Wildman–Crippen LogP) is 1.30. The van der Waals surface area contributed by atoms with Crippen molar-refractivity contribution < 1.29 is 14.5 Å². The van der Waals surface area contributed by atoms with Crippen LogP contribution < -0.4 is 5.32 Å². The Morgan fingerprint density at radius 3 is 3.07 bits per heavy atom. The number of furan rings is 1. The van der Waals surface area contributed by atoms with Gasteiger partial charge in [-0.15, -0.1) is 0 Å². The molecule has 0 bridgehead atoms. The van der Waals surface area contributed by atoms with E-state index in [-0.39, 0.29) is 5.60 Å². The maximum atomic E-state index is 5.69. The van der Waals surface area contributed by atoms with Crippen LogP contribution in [-0.4, -0.2) is 18.2 Å². The second-order valence-electron chi connectivity index (χ2n) is 4.88. The summed E-state index contributed by atoms with van der Waals surface area (Å²) >= 11 is 0. The predicted molar refractivity (Wildman–Crippen MR) is 57.4 cm³/mol. The van der Waals surface area contributed by atoms with Gasteiger partial charge in [0.15, 0.2) is 5.76 Å².